The van der Waals surface area contributed by atoms with Crippen molar-refractivity contribution in [1.82, 2.24) is 4.98 Å². The minimum absolute atomic E-state index is 0.00786. The van der Waals surface area contributed by atoms with Crippen LogP contribution in [0.4, 0.5) is 0 Å². The first kappa shape index (κ1) is 10.2. The lowest BCUT2D eigenvalue weighted by atomic mass is 9.65. The van der Waals surface area contributed by atoms with E-state index in [0.29, 0.717) is 0 Å². The maximum absolute atomic E-state index is 9.58. The molecule has 3 rings (SSSR count). The van der Waals surface area contributed by atoms with Crippen LogP contribution >= 0.6 is 11.6 Å². The van der Waals surface area contributed by atoms with Gasteiger partial charge < -0.3 is 10.1 Å². The van der Waals surface area contributed by atoms with Crippen molar-refractivity contribution in [2.75, 3.05) is 6.61 Å². The van der Waals surface area contributed by atoms with E-state index < -0.39 is 0 Å². The first-order valence-corrected chi connectivity index (χ1v) is 6.01. The molecule has 2 aromatic rings. The summed E-state index contributed by atoms with van der Waals surface area (Å²) in [5, 5.41) is 11.5. The van der Waals surface area contributed by atoms with E-state index >= 15 is 0 Å². The molecule has 16 heavy (non-hydrogen) atoms. The van der Waals surface area contributed by atoms with E-state index in [2.05, 4.69) is 4.98 Å². The molecule has 0 atom stereocenters. The van der Waals surface area contributed by atoms with Crippen LogP contribution in [0.1, 0.15) is 24.8 Å². The standard InChI is InChI=1S/C13H14ClNO/c14-9-2-3-10-11(7-15-12(10)6-9)13(8-16)4-1-5-13/h2-3,6-7,15-16H,1,4-5,8H2. The molecule has 84 valence electrons. The molecule has 3 heteroatoms. The molecular weight excluding hydrogens is 222 g/mol. The van der Waals surface area contributed by atoms with E-state index in [1.54, 1.807) is 0 Å². The molecule has 0 radical (unpaired) electrons. The highest BCUT2D eigenvalue weighted by molar-refractivity contribution is 6.31. The Balaban J connectivity index is 2.17. The first-order valence-electron chi connectivity index (χ1n) is 5.63. The number of aliphatic hydroxyl groups is 1. The Hall–Kier alpha value is -0.990. The van der Waals surface area contributed by atoms with Gasteiger partial charge in [-0.3, -0.25) is 0 Å². The van der Waals surface area contributed by atoms with Crippen molar-refractivity contribution in [3.05, 3.63) is 35.0 Å². The molecule has 1 aliphatic rings. The van der Waals surface area contributed by atoms with Gasteiger partial charge in [-0.15, -0.1) is 0 Å². The first-order chi connectivity index (χ1) is 7.75. The predicted octanol–water partition coefficient (Wildman–Crippen LogP) is 3.24. The number of aliphatic hydroxyl groups excluding tert-OH is 1. The van der Waals surface area contributed by atoms with Gasteiger partial charge in [-0.25, -0.2) is 0 Å². The van der Waals surface area contributed by atoms with Gasteiger partial charge >= 0.3 is 0 Å². The molecule has 1 aromatic carbocycles. The third-order valence-corrected chi connectivity index (χ3v) is 4.06. The number of H-pyrrole nitrogens is 1. The average molecular weight is 236 g/mol. The summed E-state index contributed by atoms with van der Waals surface area (Å²) >= 11 is 5.95. The largest absolute Gasteiger partial charge is 0.395 e. The van der Waals surface area contributed by atoms with Crippen LogP contribution in [0.15, 0.2) is 24.4 Å². The van der Waals surface area contributed by atoms with E-state index in [-0.39, 0.29) is 12.0 Å². The van der Waals surface area contributed by atoms with Crippen molar-refractivity contribution < 1.29 is 5.11 Å². The molecule has 0 saturated heterocycles. The van der Waals surface area contributed by atoms with Crippen LogP contribution in [-0.4, -0.2) is 16.7 Å². The predicted molar refractivity (Wildman–Crippen MR) is 65.9 cm³/mol. The summed E-state index contributed by atoms with van der Waals surface area (Å²) < 4.78 is 0. The Kier molecular flexibility index (Phi) is 2.23. The summed E-state index contributed by atoms with van der Waals surface area (Å²) in [6.07, 6.45) is 5.40. The SMILES string of the molecule is OCC1(c2c[nH]c3cc(Cl)ccc23)CCC1. The Bertz CT molecular complexity index is 522. The summed E-state index contributed by atoms with van der Waals surface area (Å²) in [5.41, 5.74) is 2.29. The van der Waals surface area contributed by atoms with Crippen molar-refractivity contribution in [2.45, 2.75) is 24.7 Å². The lowest BCUT2D eigenvalue weighted by molar-refractivity contribution is 0.121. The number of halogens is 1. The second-order valence-corrected chi connectivity index (χ2v) is 5.12. The van der Waals surface area contributed by atoms with Crippen molar-refractivity contribution >= 4 is 22.5 Å². The molecule has 0 amide bonds. The summed E-state index contributed by atoms with van der Waals surface area (Å²) in [7, 11) is 0. The Labute approximate surface area is 99.2 Å². The molecule has 1 aromatic heterocycles. The number of nitrogens with one attached hydrogen (secondary N) is 1. The lowest BCUT2D eigenvalue weighted by Crippen LogP contribution is -2.37. The van der Waals surface area contributed by atoms with Crippen LogP contribution in [0.2, 0.25) is 5.02 Å². The molecule has 0 aliphatic heterocycles. The second kappa shape index (κ2) is 3.51. The van der Waals surface area contributed by atoms with Crippen molar-refractivity contribution in [3.8, 4) is 0 Å². The quantitative estimate of drug-likeness (QED) is 0.824. The van der Waals surface area contributed by atoms with Gasteiger partial charge in [-0.2, -0.15) is 0 Å². The number of aromatic nitrogens is 1. The van der Waals surface area contributed by atoms with Gasteiger partial charge in [0, 0.05) is 27.5 Å². The van der Waals surface area contributed by atoms with Crippen LogP contribution in [0, 0.1) is 0 Å². The fourth-order valence-corrected chi connectivity index (χ4v) is 2.83. The summed E-state index contributed by atoms with van der Waals surface area (Å²) in [4.78, 5) is 3.24. The number of aromatic amines is 1. The average Bonchev–Trinajstić information content (AvgIpc) is 2.61. The number of fused-ring (bicyclic) bond motifs is 1. The van der Waals surface area contributed by atoms with Crippen molar-refractivity contribution in [3.63, 3.8) is 0 Å². The number of benzene rings is 1. The van der Waals surface area contributed by atoms with Crippen LogP contribution in [0.25, 0.3) is 10.9 Å². The summed E-state index contributed by atoms with van der Waals surface area (Å²) in [6.45, 7) is 0.239. The van der Waals surface area contributed by atoms with Crippen molar-refractivity contribution in [2.24, 2.45) is 0 Å². The maximum atomic E-state index is 9.58. The third-order valence-electron chi connectivity index (χ3n) is 3.83. The molecular formula is C13H14ClNO. The van der Waals surface area contributed by atoms with Gasteiger partial charge in [-0.1, -0.05) is 24.1 Å². The van der Waals surface area contributed by atoms with Crippen LogP contribution < -0.4 is 0 Å². The summed E-state index contributed by atoms with van der Waals surface area (Å²) in [5.74, 6) is 0. The molecule has 0 spiro atoms. The highest BCUT2D eigenvalue weighted by atomic mass is 35.5. The Morgan fingerprint density at radius 1 is 1.38 bits per heavy atom. The zero-order chi connectivity index (χ0) is 11.2. The fraction of sp³-hybridized carbons (Fsp3) is 0.385. The number of rotatable bonds is 2. The van der Waals surface area contributed by atoms with Gasteiger partial charge in [0.15, 0.2) is 0 Å². The zero-order valence-corrected chi connectivity index (χ0v) is 9.72. The van der Waals surface area contributed by atoms with Gasteiger partial charge in [0.25, 0.3) is 0 Å². The molecule has 0 unspecified atom stereocenters. The lowest BCUT2D eigenvalue weighted by Gasteiger charge is -2.40. The smallest absolute Gasteiger partial charge is 0.0528 e. The molecule has 0 bridgehead atoms. The van der Waals surface area contributed by atoms with Gasteiger partial charge in [0.2, 0.25) is 0 Å². The van der Waals surface area contributed by atoms with E-state index in [1.807, 2.05) is 24.4 Å². The van der Waals surface area contributed by atoms with Gasteiger partial charge in [0.05, 0.1) is 6.61 Å². The van der Waals surface area contributed by atoms with Gasteiger partial charge in [0.1, 0.15) is 0 Å². The van der Waals surface area contributed by atoms with Crippen LogP contribution in [-0.2, 0) is 5.41 Å². The molecule has 1 saturated carbocycles. The fourth-order valence-electron chi connectivity index (χ4n) is 2.65. The number of hydrogen-bond acceptors (Lipinski definition) is 1. The van der Waals surface area contributed by atoms with E-state index in [9.17, 15) is 5.11 Å². The highest BCUT2D eigenvalue weighted by Crippen LogP contribution is 2.45. The normalized spacial score (nSPS) is 18.6. The third kappa shape index (κ3) is 1.30. The van der Waals surface area contributed by atoms with E-state index in [0.717, 1.165) is 23.4 Å². The molecule has 1 fully saturated rings. The second-order valence-electron chi connectivity index (χ2n) is 4.68. The minimum atomic E-state index is -0.00786. The monoisotopic (exact) mass is 235 g/mol. The molecule has 1 aliphatic carbocycles. The number of hydrogen-bond donors (Lipinski definition) is 2. The Morgan fingerprint density at radius 3 is 2.81 bits per heavy atom. The molecule has 2 N–H and O–H groups in total. The van der Waals surface area contributed by atoms with Crippen molar-refractivity contribution in [1.29, 1.82) is 0 Å². The zero-order valence-electron chi connectivity index (χ0n) is 8.96. The summed E-state index contributed by atoms with van der Waals surface area (Å²) in [6, 6.07) is 5.88. The Morgan fingerprint density at radius 2 is 2.19 bits per heavy atom. The van der Waals surface area contributed by atoms with E-state index in [1.165, 1.54) is 17.4 Å². The molecule has 1 heterocycles. The highest BCUT2D eigenvalue weighted by Gasteiger charge is 2.39. The molecule has 2 nitrogen and oxygen atoms in total. The van der Waals surface area contributed by atoms with Crippen LogP contribution in [0.5, 0.6) is 0 Å². The maximum Gasteiger partial charge on any atom is 0.0528 e. The van der Waals surface area contributed by atoms with Crippen LogP contribution in [0.3, 0.4) is 0 Å². The van der Waals surface area contributed by atoms with E-state index in [4.69, 9.17) is 11.6 Å². The minimum Gasteiger partial charge on any atom is -0.395 e. The van der Waals surface area contributed by atoms with Gasteiger partial charge in [-0.05, 0) is 30.5 Å². The topological polar surface area (TPSA) is 36.0 Å².